The van der Waals surface area contributed by atoms with Crippen molar-refractivity contribution in [2.24, 2.45) is 0 Å². The zero-order valence-electron chi connectivity index (χ0n) is 7.63. The largest absolute Gasteiger partial charge is 0.381 e. The molecule has 7 heteroatoms. The SMILES string of the molecule is Nc1cnn(C2CCS(=O)(=O)CC2)n1. The van der Waals surface area contributed by atoms with Gasteiger partial charge in [-0.3, -0.25) is 0 Å². The van der Waals surface area contributed by atoms with Crippen LogP contribution in [0.4, 0.5) is 5.82 Å². The van der Waals surface area contributed by atoms with Gasteiger partial charge in [0.1, 0.15) is 9.84 Å². The number of hydrogen-bond acceptors (Lipinski definition) is 5. The van der Waals surface area contributed by atoms with Crippen LogP contribution in [0, 0.1) is 0 Å². The van der Waals surface area contributed by atoms with E-state index in [-0.39, 0.29) is 17.5 Å². The van der Waals surface area contributed by atoms with E-state index in [0.29, 0.717) is 18.7 Å². The Hall–Kier alpha value is -1.11. The highest BCUT2D eigenvalue weighted by Crippen LogP contribution is 2.22. The number of anilines is 1. The molecule has 1 aromatic heterocycles. The monoisotopic (exact) mass is 216 g/mol. The van der Waals surface area contributed by atoms with Crippen molar-refractivity contribution in [2.75, 3.05) is 17.2 Å². The Morgan fingerprint density at radius 3 is 2.57 bits per heavy atom. The van der Waals surface area contributed by atoms with E-state index in [2.05, 4.69) is 10.2 Å². The number of rotatable bonds is 1. The lowest BCUT2D eigenvalue weighted by Crippen LogP contribution is -2.26. The van der Waals surface area contributed by atoms with Crippen molar-refractivity contribution in [3.63, 3.8) is 0 Å². The summed E-state index contributed by atoms with van der Waals surface area (Å²) >= 11 is 0. The molecule has 78 valence electrons. The lowest BCUT2D eigenvalue weighted by atomic mass is 10.2. The highest BCUT2D eigenvalue weighted by atomic mass is 32.2. The van der Waals surface area contributed by atoms with E-state index in [1.165, 1.54) is 11.0 Å². The molecule has 1 saturated heterocycles. The van der Waals surface area contributed by atoms with Crippen molar-refractivity contribution < 1.29 is 8.42 Å². The van der Waals surface area contributed by atoms with Gasteiger partial charge in [0.15, 0.2) is 5.82 Å². The highest BCUT2D eigenvalue weighted by Gasteiger charge is 2.25. The second-order valence-corrected chi connectivity index (χ2v) is 5.78. The number of hydrogen-bond donors (Lipinski definition) is 1. The van der Waals surface area contributed by atoms with Crippen LogP contribution in [-0.4, -0.2) is 34.9 Å². The van der Waals surface area contributed by atoms with Gasteiger partial charge < -0.3 is 5.73 Å². The van der Waals surface area contributed by atoms with E-state index in [1.807, 2.05) is 0 Å². The minimum Gasteiger partial charge on any atom is -0.381 e. The van der Waals surface area contributed by atoms with Crippen LogP contribution in [0.3, 0.4) is 0 Å². The molecule has 0 aromatic carbocycles. The Kier molecular flexibility index (Phi) is 2.18. The quantitative estimate of drug-likeness (QED) is 0.690. The summed E-state index contributed by atoms with van der Waals surface area (Å²) in [5.74, 6) is 0.816. The Morgan fingerprint density at radius 1 is 1.43 bits per heavy atom. The first-order chi connectivity index (χ1) is 6.57. The second kappa shape index (κ2) is 3.23. The normalized spacial score (nSPS) is 22.3. The predicted octanol–water partition coefficient (Wildman–Crippen LogP) is -0.390. The van der Waals surface area contributed by atoms with Crippen LogP contribution in [0.25, 0.3) is 0 Å². The van der Waals surface area contributed by atoms with Crippen molar-refractivity contribution in [3.05, 3.63) is 6.20 Å². The number of nitrogens with two attached hydrogens (primary N) is 1. The minimum absolute atomic E-state index is 0.0795. The summed E-state index contributed by atoms with van der Waals surface area (Å²) in [5, 5.41) is 7.94. The first-order valence-corrected chi connectivity index (χ1v) is 6.27. The Labute approximate surface area is 82.0 Å². The van der Waals surface area contributed by atoms with E-state index < -0.39 is 9.84 Å². The average Bonchev–Trinajstić information content (AvgIpc) is 2.52. The molecule has 14 heavy (non-hydrogen) atoms. The molecular formula is C7H12N4O2S. The molecule has 0 unspecified atom stereocenters. The van der Waals surface area contributed by atoms with Gasteiger partial charge in [-0.1, -0.05) is 0 Å². The smallest absolute Gasteiger partial charge is 0.165 e. The van der Waals surface area contributed by atoms with Gasteiger partial charge in [-0.15, -0.1) is 5.10 Å². The fourth-order valence-corrected chi connectivity index (χ4v) is 3.04. The van der Waals surface area contributed by atoms with Gasteiger partial charge in [0.2, 0.25) is 0 Å². The third-order valence-electron chi connectivity index (χ3n) is 2.38. The van der Waals surface area contributed by atoms with Crippen molar-refractivity contribution in [1.82, 2.24) is 15.0 Å². The summed E-state index contributed by atoms with van der Waals surface area (Å²) in [6.45, 7) is 0. The van der Waals surface area contributed by atoms with Gasteiger partial charge in [0.25, 0.3) is 0 Å². The van der Waals surface area contributed by atoms with E-state index >= 15 is 0 Å². The van der Waals surface area contributed by atoms with E-state index in [4.69, 9.17) is 5.73 Å². The summed E-state index contributed by atoms with van der Waals surface area (Å²) in [6.07, 6.45) is 2.63. The average molecular weight is 216 g/mol. The fourth-order valence-electron chi connectivity index (χ4n) is 1.57. The van der Waals surface area contributed by atoms with Crippen molar-refractivity contribution >= 4 is 15.7 Å². The molecule has 0 bridgehead atoms. The second-order valence-electron chi connectivity index (χ2n) is 3.47. The topological polar surface area (TPSA) is 90.9 Å². The van der Waals surface area contributed by atoms with E-state index in [0.717, 1.165) is 0 Å². The van der Waals surface area contributed by atoms with E-state index in [1.54, 1.807) is 0 Å². The van der Waals surface area contributed by atoms with Crippen molar-refractivity contribution in [2.45, 2.75) is 18.9 Å². The Morgan fingerprint density at radius 2 is 2.07 bits per heavy atom. The van der Waals surface area contributed by atoms with Crippen LogP contribution < -0.4 is 5.73 Å². The number of nitrogen functional groups attached to an aromatic ring is 1. The number of nitrogens with zero attached hydrogens (tertiary/aromatic N) is 3. The Balaban J connectivity index is 2.09. The van der Waals surface area contributed by atoms with Gasteiger partial charge in [0, 0.05) is 0 Å². The molecule has 0 atom stereocenters. The van der Waals surface area contributed by atoms with Gasteiger partial charge in [-0.25, -0.2) is 8.42 Å². The molecule has 1 aromatic rings. The molecule has 0 aliphatic carbocycles. The number of aromatic nitrogens is 3. The maximum Gasteiger partial charge on any atom is 0.165 e. The molecule has 2 heterocycles. The van der Waals surface area contributed by atoms with Crippen LogP contribution in [0.1, 0.15) is 18.9 Å². The third kappa shape index (κ3) is 1.87. The molecule has 0 saturated carbocycles. The zero-order chi connectivity index (χ0) is 10.2. The fraction of sp³-hybridized carbons (Fsp3) is 0.714. The maximum atomic E-state index is 11.2. The minimum atomic E-state index is -2.82. The highest BCUT2D eigenvalue weighted by molar-refractivity contribution is 7.91. The van der Waals surface area contributed by atoms with Crippen LogP contribution in [0.15, 0.2) is 6.20 Å². The summed E-state index contributed by atoms with van der Waals surface area (Å²) < 4.78 is 22.3. The van der Waals surface area contributed by atoms with Crippen LogP contribution in [0.5, 0.6) is 0 Å². The Bertz CT molecular complexity index is 411. The van der Waals surface area contributed by atoms with Gasteiger partial charge in [-0.05, 0) is 12.8 Å². The lowest BCUT2D eigenvalue weighted by Gasteiger charge is -2.20. The summed E-state index contributed by atoms with van der Waals surface area (Å²) in [7, 11) is -2.82. The molecule has 2 N–H and O–H groups in total. The van der Waals surface area contributed by atoms with Crippen LogP contribution in [0.2, 0.25) is 0 Å². The summed E-state index contributed by atoms with van der Waals surface area (Å²) in [6, 6.07) is 0.0795. The van der Waals surface area contributed by atoms with E-state index in [9.17, 15) is 8.42 Å². The molecule has 1 aliphatic heterocycles. The zero-order valence-corrected chi connectivity index (χ0v) is 8.44. The molecule has 6 nitrogen and oxygen atoms in total. The van der Waals surface area contributed by atoms with Gasteiger partial charge in [-0.2, -0.15) is 9.90 Å². The molecule has 0 spiro atoms. The molecular weight excluding hydrogens is 204 g/mol. The maximum absolute atomic E-state index is 11.2. The standard InChI is InChI=1S/C7H12N4O2S/c8-7-5-9-11(10-7)6-1-3-14(12,13)4-2-6/h5-6H,1-4H2,(H2,8,10). The summed E-state index contributed by atoms with van der Waals surface area (Å²) in [5.41, 5.74) is 5.43. The molecule has 2 rings (SSSR count). The molecule has 0 radical (unpaired) electrons. The summed E-state index contributed by atoms with van der Waals surface area (Å²) in [4.78, 5) is 1.52. The van der Waals surface area contributed by atoms with Gasteiger partial charge >= 0.3 is 0 Å². The third-order valence-corrected chi connectivity index (χ3v) is 4.09. The number of sulfone groups is 1. The predicted molar refractivity (Wildman–Crippen MR) is 51.4 cm³/mol. The first-order valence-electron chi connectivity index (χ1n) is 4.44. The first kappa shape index (κ1) is 9.45. The van der Waals surface area contributed by atoms with Crippen LogP contribution in [-0.2, 0) is 9.84 Å². The van der Waals surface area contributed by atoms with Crippen LogP contribution >= 0.6 is 0 Å². The van der Waals surface area contributed by atoms with Gasteiger partial charge in [0.05, 0.1) is 23.7 Å². The molecule has 1 fully saturated rings. The van der Waals surface area contributed by atoms with Crippen molar-refractivity contribution in [3.8, 4) is 0 Å². The molecule has 1 aliphatic rings. The lowest BCUT2D eigenvalue weighted by molar-refractivity contribution is 0.373. The molecule has 0 amide bonds. The van der Waals surface area contributed by atoms with Crippen molar-refractivity contribution in [1.29, 1.82) is 0 Å².